The van der Waals surface area contributed by atoms with Crippen LogP contribution < -0.4 is 5.32 Å². The summed E-state index contributed by atoms with van der Waals surface area (Å²) in [6, 6.07) is -0.00952. The van der Waals surface area contributed by atoms with E-state index >= 15 is 0 Å². The summed E-state index contributed by atoms with van der Waals surface area (Å²) >= 11 is 0. The van der Waals surface area contributed by atoms with Crippen molar-refractivity contribution < 1.29 is 9.59 Å². The smallest absolute Gasteiger partial charge is 0.245 e. The summed E-state index contributed by atoms with van der Waals surface area (Å²) in [7, 11) is 0. The van der Waals surface area contributed by atoms with E-state index in [-0.39, 0.29) is 23.8 Å². The van der Waals surface area contributed by atoms with Gasteiger partial charge < -0.3 is 10.2 Å². The van der Waals surface area contributed by atoms with Crippen molar-refractivity contribution in [2.24, 2.45) is 11.3 Å². The van der Waals surface area contributed by atoms with E-state index < -0.39 is 0 Å². The predicted octanol–water partition coefficient (Wildman–Crippen LogP) is 2.72. The van der Waals surface area contributed by atoms with Crippen molar-refractivity contribution in [1.29, 1.82) is 0 Å². The van der Waals surface area contributed by atoms with Gasteiger partial charge in [-0.2, -0.15) is 0 Å². The molecule has 2 aliphatic rings. The number of amides is 2. The summed E-state index contributed by atoms with van der Waals surface area (Å²) in [5.74, 6) is 0.356. The van der Waals surface area contributed by atoms with Crippen LogP contribution in [-0.2, 0) is 9.59 Å². The van der Waals surface area contributed by atoms with Crippen molar-refractivity contribution in [3.8, 4) is 0 Å². The van der Waals surface area contributed by atoms with Gasteiger partial charge in [0.2, 0.25) is 11.8 Å². The molecule has 1 N–H and O–H groups in total. The van der Waals surface area contributed by atoms with Crippen LogP contribution in [0.3, 0.4) is 0 Å². The molecule has 2 amide bonds. The van der Waals surface area contributed by atoms with Gasteiger partial charge in [-0.25, -0.2) is 0 Å². The van der Waals surface area contributed by atoms with Crippen LogP contribution in [-0.4, -0.2) is 35.3 Å². The fourth-order valence-electron chi connectivity index (χ4n) is 3.50. The Morgan fingerprint density at radius 3 is 2.48 bits per heavy atom. The van der Waals surface area contributed by atoms with Gasteiger partial charge in [0.15, 0.2) is 0 Å². The Bertz CT molecular complexity index is 396. The quantitative estimate of drug-likeness (QED) is 0.870. The number of carbonyl (C=O) groups excluding carboxylic acids is 2. The van der Waals surface area contributed by atoms with E-state index in [1.165, 1.54) is 0 Å². The lowest BCUT2D eigenvalue weighted by Gasteiger charge is -2.40. The summed E-state index contributed by atoms with van der Waals surface area (Å²) < 4.78 is 0. The Balaban J connectivity index is 2.11. The molecule has 21 heavy (non-hydrogen) atoms. The molecule has 2 rings (SSSR count). The van der Waals surface area contributed by atoms with Crippen LogP contribution in [0.2, 0.25) is 0 Å². The van der Waals surface area contributed by atoms with Crippen LogP contribution >= 0.6 is 0 Å². The molecule has 0 bridgehead atoms. The molecule has 4 heteroatoms. The first kappa shape index (κ1) is 16.3. The highest BCUT2D eigenvalue weighted by Gasteiger charge is 2.38. The number of hydrogen-bond donors (Lipinski definition) is 1. The van der Waals surface area contributed by atoms with E-state index in [2.05, 4.69) is 33.0 Å². The molecule has 1 saturated heterocycles. The molecule has 2 unspecified atom stereocenters. The lowest BCUT2D eigenvalue weighted by Crippen LogP contribution is -2.52. The third-order valence-electron chi connectivity index (χ3n) is 5.41. The first-order chi connectivity index (χ1) is 9.84. The van der Waals surface area contributed by atoms with Crippen LogP contribution in [0.1, 0.15) is 66.2 Å². The molecular weight excluding hydrogens is 264 g/mol. The average molecular weight is 294 g/mol. The Labute approximate surface area is 128 Å². The molecule has 120 valence electrons. The second-order valence-electron chi connectivity index (χ2n) is 7.61. The second kappa shape index (κ2) is 6.37. The average Bonchev–Trinajstić information content (AvgIpc) is 2.58. The summed E-state index contributed by atoms with van der Waals surface area (Å²) in [6.45, 7) is 9.32. The van der Waals surface area contributed by atoms with Crippen molar-refractivity contribution in [2.45, 2.75) is 78.3 Å². The highest BCUT2D eigenvalue weighted by Crippen LogP contribution is 2.37. The van der Waals surface area contributed by atoms with Crippen LogP contribution in [0.4, 0.5) is 0 Å². The molecule has 1 aliphatic heterocycles. The Morgan fingerprint density at radius 1 is 1.29 bits per heavy atom. The summed E-state index contributed by atoms with van der Waals surface area (Å²) in [6.07, 6.45) is 5.81. The molecule has 0 aromatic rings. The number of carbonyl (C=O) groups is 2. The predicted molar refractivity (Wildman–Crippen MR) is 83.8 cm³/mol. The highest BCUT2D eigenvalue weighted by atomic mass is 16.2. The lowest BCUT2D eigenvalue weighted by atomic mass is 9.75. The molecule has 1 saturated carbocycles. The fraction of sp³-hybridized carbons (Fsp3) is 0.882. The van der Waals surface area contributed by atoms with Crippen molar-refractivity contribution in [1.82, 2.24) is 10.2 Å². The molecule has 0 spiro atoms. The monoisotopic (exact) mass is 294 g/mol. The topological polar surface area (TPSA) is 49.4 Å². The summed E-state index contributed by atoms with van der Waals surface area (Å²) in [5.41, 5.74) is 0.398. The molecule has 1 heterocycles. The molecule has 2 atom stereocenters. The molecule has 2 fully saturated rings. The molecular formula is C17H30N2O2. The Kier molecular flexibility index (Phi) is 4.95. The molecule has 0 aromatic carbocycles. The minimum atomic E-state index is -0.333. The fourth-order valence-corrected chi connectivity index (χ4v) is 3.50. The maximum Gasteiger partial charge on any atom is 0.245 e. The van der Waals surface area contributed by atoms with E-state index in [0.717, 1.165) is 32.1 Å². The van der Waals surface area contributed by atoms with Crippen LogP contribution in [0, 0.1) is 11.3 Å². The normalized spacial score (nSPS) is 29.0. The Morgan fingerprint density at radius 2 is 1.90 bits per heavy atom. The van der Waals surface area contributed by atoms with E-state index in [1.54, 1.807) is 0 Å². The van der Waals surface area contributed by atoms with Gasteiger partial charge in [0.1, 0.15) is 6.04 Å². The highest BCUT2D eigenvalue weighted by molar-refractivity contribution is 5.90. The van der Waals surface area contributed by atoms with E-state index in [0.29, 0.717) is 24.4 Å². The SMILES string of the molecule is CCC(C)C1NC(=O)CCN(C2CCC(C)(C)CC2)C1=O. The zero-order valence-electron chi connectivity index (χ0n) is 13.9. The number of rotatable bonds is 3. The standard InChI is InChI=1S/C17H30N2O2/c1-5-12(2)15-16(21)19(11-8-14(20)18-15)13-6-9-17(3,4)10-7-13/h12-13,15H,5-11H2,1-4H3,(H,18,20). The van der Waals surface area contributed by atoms with Crippen LogP contribution in [0.15, 0.2) is 0 Å². The van der Waals surface area contributed by atoms with Gasteiger partial charge in [-0.15, -0.1) is 0 Å². The van der Waals surface area contributed by atoms with Gasteiger partial charge in [-0.05, 0) is 37.0 Å². The van der Waals surface area contributed by atoms with E-state index in [9.17, 15) is 9.59 Å². The van der Waals surface area contributed by atoms with Crippen molar-refractivity contribution in [3.63, 3.8) is 0 Å². The van der Waals surface area contributed by atoms with E-state index in [1.807, 2.05) is 4.90 Å². The number of nitrogens with one attached hydrogen (secondary N) is 1. The van der Waals surface area contributed by atoms with Gasteiger partial charge in [-0.1, -0.05) is 34.1 Å². The van der Waals surface area contributed by atoms with E-state index in [4.69, 9.17) is 0 Å². The van der Waals surface area contributed by atoms with Gasteiger partial charge in [-0.3, -0.25) is 9.59 Å². The summed E-state index contributed by atoms with van der Waals surface area (Å²) in [4.78, 5) is 26.8. The maximum absolute atomic E-state index is 12.9. The summed E-state index contributed by atoms with van der Waals surface area (Å²) in [5, 5.41) is 2.93. The molecule has 0 aromatic heterocycles. The third-order valence-corrected chi connectivity index (χ3v) is 5.41. The lowest BCUT2D eigenvalue weighted by molar-refractivity contribution is -0.138. The zero-order valence-corrected chi connectivity index (χ0v) is 13.9. The molecule has 1 aliphatic carbocycles. The Hall–Kier alpha value is -1.06. The number of hydrogen-bond acceptors (Lipinski definition) is 2. The minimum Gasteiger partial charge on any atom is -0.344 e. The van der Waals surface area contributed by atoms with Gasteiger partial charge in [0, 0.05) is 19.0 Å². The second-order valence-corrected chi connectivity index (χ2v) is 7.61. The van der Waals surface area contributed by atoms with Gasteiger partial charge in [0.05, 0.1) is 0 Å². The minimum absolute atomic E-state index is 0.0206. The first-order valence-electron chi connectivity index (χ1n) is 8.44. The maximum atomic E-state index is 12.9. The van der Waals surface area contributed by atoms with Crippen molar-refractivity contribution in [2.75, 3.05) is 6.54 Å². The molecule has 4 nitrogen and oxygen atoms in total. The number of nitrogens with zero attached hydrogens (tertiary/aromatic N) is 1. The van der Waals surface area contributed by atoms with Crippen LogP contribution in [0.25, 0.3) is 0 Å². The zero-order chi connectivity index (χ0) is 15.6. The molecule has 0 radical (unpaired) electrons. The van der Waals surface area contributed by atoms with Crippen LogP contribution in [0.5, 0.6) is 0 Å². The van der Waals surface area contributed by atoms with Crippen molar-refractivity contribution in [3.05, 3.63) is 0 Å². The van der Waals surface area contributed by atoms with Crippen molar-refractivity contribution >= 4 is 11.8 Å². The largest absolute Gasteiger partial charge is 0.344 e. The van der Waals surface area contributed by atoms with Gasteiger partial charge in [0.25, 0.3) is 0 Å². The third kappa shape index (κ3) is 3.78. The first-order valence-corrected chi connectivity index (χ1v) is 8.44. The van der Waals surface area contributed by atoms with Gasteiger partial charge >= 0.3 is 0 Å².